The number of nitrogens with zero attached hydrogens (tertiary/aromatic N) is 2. The molecule has 3 heteroatoms. The lowest BCUT2D eigenvalue weighted by Gasteiger charge is -2.31. The molecule has 1 unspecified atom stereocenters. The molecule has 1 aromatic rings. The van der Waals surface area contributed by atoms with Crippen molar-refractivity contribution in [1.29, 1.82) is 0 Å². The van der Waals surface area contributed by atoms with Crippen molar-refractivity contribution in [1.82, 2.24) is 9.78 Å². The first kappa shape index (κ1) is 18.2. The van der Waals surface area contributed by atoms with Crippen molar-refractivity contribution in [3.63, 3.8) is 0 Å². The molecule has 0 aliphatic rings. The molecule has 21 heavy (non-hydrogen) atoms. The third kappa shape index (κ3) is 4.82. The van der Waals surface area contributed by atoms with Crippen LogP contribution in [0, 0.1) is 19.8 Å². The highest BCUT2D eigenvalue weighted by molar-refractivity contribution is 5.16. The molecule has 1 heterocycles. The monoisotopic (exact) mass is 296 g/mol. The summed E-state index contributed by atoms with van der Waals surface area (Å²) in [5, 5.41) is 4.49. The Morgan fingerprint density at radius 3 is 2.05 bits per heavy atom. The van der Waals surface area contributed by atoms with Crippen molar-refractivity contribution in [3.05, 3.63) is 17.2 Å². The van der Waals surface area contributed by atoms with E-state index in [4.69, 9.17) is 0 Å². The first-order chi connectivity index (χ1) is 9.96. The van der Waals surface area contributed by atoms with E-state index in [9.17, 15) is 4.39 Å². The molecule has 0 saturated carbocycles. The second kappa shape index (κ2) is 8.55. The summed E-state index contributed by atoms with van der Waals surface area (Å²) in [6.45, 7) is 10.3. The van der Waals surface area contributed by atoms with Gasteiger partial charge >= 0.3 is 0 Å². The van der Waals surface area contributed by atoms with Crippen LogP contribution in [0.5, 0.6) is 0 Å². The maximum atomic E-state index is 14.5. The van der Waals surface area contributed by atoms with Gasteiger partial charge in [-0.05, 0) is 33.6 Å². The van der Waals surface area contributed by atoms with Crippen LogP contribution < -0.4 is 0 Å². The van der Waals surface area contributed by atoms with E-state index in [0.29, 0.717) is 5.56 Å². The predicted octanol–water partition coefficient (Wildman–Crippen LogP) is 5.90. The van der Waals surface area contributed by atoms with Crippen LogP contribution in [-0.4, -0.2) is 9.78 Å². The van der Waals surface area contributed by atoms with Crippen molar-refractivity contribution in [2.75, 3.05) is 0 Å². The summed E-state index contributed by atoms with van der Waals surface area (Å²) in [5.74, 6) is -0.139. The number of halogens is 1. The van der Waals surface area contributed by atoms with Gasteiger partial charge in [-0.15, -0.1) is 0 Å². The number of rotatable bonds is 10. The minimum Gasteiger partial charge on any atom is -0.233 e. The van der Waals surface area contributed by atoms with E-state index in [1.165, 1.54) is 25.7 Å². The molecular weight excluding hydrogens is 263 g/mol. The van der Waals surface area contributed by atoms with E-state index in [1.54, 1.807) is 4.68 Å². The molecule has 122 valence electrons. The average Bonchev–Trinajstić information content (AvgIpc) is 2.73. The Balaban J connectivity index is 2.79. The van der Waals surface area contributed by atoms with Gasteiger partial charge in [-0.3, -0.25) is 0 Å². The Morgan fingerprint density at radius 1 is 0.952 bits per heavy atom. The molecule has 0 spiro atoms. The molecule has 0 saturated heterocycles. The van der Waals surface area contributed by atoms with Gasteiger partial charge in [-0.1, -0.05) is 58.8 Å². The van der Waals surface area contributed by atoms with Crippen molar-refractivity contribution >= 4 is 0 Å². The number of aryl methyl sites for hydroxylation is 1. The topological polar surface area (TPSA) is 17.8 Å². The molecule has 0 radical (unpaired) electrons. The van der Waals surface area contributed by atoms with Crippen LogP contribution in [0.2, 0.25) is 0 Å². The lowest BCUT2D eigenvalue weighted by Crippen LogP contribution is -2.32. The Bertz CT molecular complexity index is 425. The molecule has 0 fully saturated rings. The summed E-state index contributed by atoms with van der Waals surface area (Å²) in [7, 11) is 0. The summed E-state index contributed by atoms with van der Waals surface area (Å²) in [4.78, 5) is 0. The van der Waals surface area contributed by atoms with E-state index in [0.717, 1.165) is 37.8 Å². The SMILES string of the molecule is CCCCCCCC(C)(CCCC)n1nc(C)c(C)c1F. The van der Waals surface area contributed by atoms with E-state index in [1.807, 2.05) is 13.8 Å². The van der Waals surface area contributed by atoms with Gasteiger partial charge in [-0.2, -0.15) is 9.49 Å². The van der Waals surface area contributed by atoms with Crippen LogP contribution in [0.1, 0.15) is 89.8 Å². The van der Waals surface area contributed by atoms with Gasteiger partial charge in [0, 0.05) is 5.56 Å². The molecule has 2 nitrogen and oxygen atoms in total. The maximum absolute atomic E-state index is 14.5. The van der Waals surface area contributed by atoms with Gasteiger partial charge in [0.2, 0.25) is 5.95 Å². The van der Waals surface area contributed by atoms with Gasteiger partial charge in [-0.25, -0.2) is 4.68 Å². The Kier molecular flexibility index (Phi) is 7.41. The van der Waals surface area contributed by atoms with Crippen LogP contribution in [0.15, 0.2) is 0 Å². The Morgan fingerprint density at radius 2 is 1.52 bits per heavy atom. The second-order valence-electron chi connectivity index (χ2n) is 6.68. The van der Waals surface area contributed by atoms with Crippen LogP contribution in [-0.2, 0) is 5.54 Å². The molecule has 0 bridgehead atoms. The molecule has 0 N–H and O–H groups in total. The zero-order valence-corrected chi connectivity index (χ0v) is 14.6. The first-order valence-corrected chi connectivity index (χ1v) is 8.68. The minimum absolute atomic E-state index is 0.139. The molecule has 1 aromatic heterocycles. The number of hydrogen-bond acceptors (Lipinski definition) is 1. The summed E-state index contributed by atoms with van der Waals surface area (Å²) in [6, 6.07) is 0. The second-order valence-corrected chi connectivity index (χ2v) is 6.68. The lowest BCUT2D eigenvalue weighted by molar-refractivity contribution is 0.199. The van der Waals surface area contributed by atoms with E-state index in [-0.39, 0.29) is 11.5 Å². The zero-order valence-electron chi connectivity index (χ0n) is 14.6. The smallest absolute Gasteiger partial charge is 0.215 e. The third-order valence-electron chi connectivity index (χ3n) is 4.69. The van der Waals surface area contributed by atoms with Crippen LogP contribution >= 0.6 is 0 Å². The zero-order chi connectivity index (χ0) is 15.9. The predicted molar refractivity (Wildman–Crippen MR) is 88.2 cm³/mol. The molecule has 0 aromatic carbocycles. The van der Waals surface area contributed by atoms with Crippen molar-refractivity contribution in [2.45, 2.75) is 97.9 Å². The molecule has 0 aliphatic heterocycles. The highest BCUT2D eigenvalue weighted by Crippen LogP contribution is 2.31. The van der Waals surface area contributed by atoms with Gasteiger partial charge in [0.25, 0.3) is 0 Å². The largest absolute Gasteiger partial charge is 0.233 e. The fourth-order valence-electron chi connectivity index (χ4n) is 2.94. The first-order valence-electron chi connectivity index (χ1n) is 8.68. The summed E-state index contributed by atoms with van der Waals surface area (Å²) in [5.41, 5.74) is 1.34. The van der Waals surface area contributed by atoms with Gasteiger partial charge < -0.3 is 0 Å². The highest BCUT2D eigenvalue weighted by Gasteiger charge is 2.30. The number of unbranched alkanes of at least 4 members (excludes halogenated alkanes) is 5. The van der Waals surface area contributed by atoms with Crippen LogP contribution in [0.4, 0.5) is 4.39 Å². The van der Waals surface area contributed by atoms with E-state index < -0.39 is 0 Å². The van der Waals surface area contributed by atoms with Crippen molar-refractivity contribution < 1.29 is 4.39 Å². The van der Waals surface area contributed by atoms with Crippen molar-refractivity contribution in [2.24, 2.45) is 0 Å². The van der Waals surface area contributed by atoms with Crippen LogP contribution in [0.3, 0.4) is 0 Å². The van der Waals surface area contributed by atoms with Crippen molar-refractivity contribution in [3.8, 4) is 0 Å². The number of hydrogen-bond donors (Lipinski definition) is 0. The van der Waals surface area contributed by atoms with E-state index >= 15 is 0 Å². The molecule has 1 rings (SSSR count). The standard InChI is InChI=1S/C18H33FN2/c1-6-8-10-11-12-14-18(5,13-9-7-2)21-17(19)15(3)16(4)20-21/h6-14H2,1-5H3. The minimum atomic E-state index is -0.175. The van der Waals surface area contributed by atoms with Crippen LogP contribution in [0.25, 0.3) is 0 Å². The van der Waals surface area contributed by atoms with E-state index in [2.05, 4.69) is 25.9 Å². The number of aromatic nitrogens is 2. The quantitative estimate of drug-likeness (QED) is 0.491. The molecule has 0 aliphatic carbocycles. The highest BCUT2D eigenvalue weighted by atomic mass is 19.1. The lowest BCUT2D eigenvalue weighted by atomic mass is 9.88. The molecule has 0 amide bonds. The van der Waals surface area contributed by atoms with Gasteiger partial charge in [0.15, 0.2) is 0 Å². The Hall–Kier alpha value is -0.860. The third-order valence-corrected chi connectivity index (χ3v) is 4.69. The summed E-state index contributed by atoms with van der Waals surface area (Å²) in [6.07, 6.45) is 10.6. The van der Waals surface area contributed by atoms with Gasteiger partial charge in [0.1, 0.15) is 0 Å². The average molecular weight is 296 g/mol. The maximum Gasteiger partial charge on any atom is 0.215 e. The normalized spacial score (nSPS) is 14.4. The molecule has 1 atom stereocenters. The fourth-order valence-corrected chi connectivity index (χ4v) is 2.94. The van der Waals surface area contributed by atoms with Gasteiger partial charge in [0.05, 0.1) is 11.2 Å². The summed E-state index contributed by atoms with van der Waals surface area (Å²) < 4.78 is 16.1. The summed E-state index contributed by atoms with van der Waals surface area (Å²) >= 11 is 0. The molecular formula is C18H33FN2. The fraction of sp³-hybridized carbons (Fsp3) is 0.833. The Labute approximate surface area is 130 Å².